The summed E-state index contributed by atoms with van der Waals surface area (Å²) >= 11 is 1.73. The highest BCUT2D eigenvalue weighted by Crippen LogP contribution is 2.24. The molecule has 0 unspecified atom stereocenters. The number of carbonyl (C=O) groups is 1. The van der Waals surface area contributed by atoms with Crippen molar-refractivity contribution < 1.29 is 9.53 Å². The smallest absolute Gasteiger partial charge is 0.260 e. The monoisotopic (exact) mass is 387 g/mol. The predicted molar refractivity (Wildman–Crippen MR) is 109 cm³/mol. The molecule has 2 heterocycles. The van der Waals surface area contributed by atoms with Gasteiger partial charge < -0.3 is 9.64 Å². The second-order valence-electron chi connectivity index (χ2n) is 8.14. The molecule has 27 heavy (non-hydrogen) atoms. The van der Waals surface area contributed by atoms with Gasteiger partial charge in [0, 0.05) is 37.0 Å². The van der Waals surface area contributed by atoms with Crippen LogP contribution in [0.1, 0.15) is 37.0 Å². The molecule has 0 atom stereocenters. The molecule has 0 bridgehead atoms. The third kappa shape index (κ3) is 5.53. The summed E-state index contributed by atoms with van der Waals surface area (Å²) in [6, 6.07) is 7.79. The molecule has 1 amide bonds. The highest BCUT2D eigenvalue weighted by atomic mass is 32.1. The summed E-state index contributed by atoms with van der Waals surface area (Å²) in [7, 11) is 0. The van der Waals surface area contributed by atoms with Crippen molar-refractivity contribution in [2.24, 2.45) is 0 Å². The van der Waals surface area contributed by atoms with Crippen LogP contribution < -0.4 is 4.74 Å². The number of benzene rings is 1. The number of rotatable bonds is 5. The summed E-state index contributed by atoms with van der Waals surface area (Å²) in [5, 5.41) is 3.32. The van der Waals surface area contributed by atoms with Gasteiger partial charge in [-0.15, -0.1) is 11.3 Å². The molecule has 1 fully saturated rings. The summed E-state index contributed by atoms with van der Waals surface area (Å²) in [6.45, 7) is 12.8. The highest BCUT2D eigenvalue weighted by Gasteiger charge is 2.23. The van der Waals surface area contributed by atoms with E-state index in [-0.39, 0.29) is 17.9 Å². The van der Waals surface area contributed by atoms with Crippen molar-refractivity contribution >= 4 is 17.2 Å². The van der Waals surface area contributed by atoms with Crippen LogP contribution in [0.2, 0.25) is 0 Å². The number of nitrogens with zero attached hydrogens (tertiary/aromatic N) is 3. The number of hydrogen-bond donors (Lipinski definition) is 0. The van der Waals surface area contributed by atoms with E-state index in [0.29, 0.717) is 0 Å². The van der Waals surface area contributed by atoms with Crippen LogP contribution in [0.3, 0.4) is 0 Å². The number of thiazole rings is 1. The molecule has 146 valence electrons. The number of ether oxygens (including phenoxy) is 1. The van der Waals surface area contributed by atoms with E-state index in [0.717, 1.165) is 54.7 Å². The molecule has 5 nitrogen and oxygen atoms in total. The Bertz CT molecular complexity index is 774. The molecule has 0 spiro atoms. The molecule has 3 rings (SSSR count). The lowest BCUT2D eigenvalue weighted by atomic mass is 9.93. The van der Waals surface area contributed by atoms with Gasteiger partial charge in [-0.1, -0.05) is 32.9 Å². The van der Waals surface area contributed by atoms with Gasteiger partial charge in [0.2, 0.25) is 0 Å². The number of piperazine rings is 1. The predicted octanol–water partition coefficient (Wildman–Crippen LogP) is 3.47. The first-order valence-electron chi connectivity index (χ1n) is 9.46. The zero-order valence-electron chi connectivity index (χ0n) is 16.7. The first-order valence-corrected chi connectivity index (χ1v) is 10.3. The largest absolute Gasteiger partial charge is 0.484 e. The Balaban J connectivity index is 1.44. The fourth-order valence-electron chi connectivity index (χ4n) is 3.02. The van der Waals surface area contributed by atoms with Gasteiger partial charge >= 0.3 is 0 Å². The van der Waals surface area contributed by atoms with Gasteiger partial charge in [-0.3, -0.25) is 9.69 Å². The van der Waals surface area contributed by atoms with E-state index in [1.165, 1.54) is 0 Å². The zero-order chi connectivity index (χ0) is 19.4. The van der Waals surface area contributed by atoms with Crippen LogP contribution in [-0.2, 0) is 16.8 Å². The molecule has 1 aliphatic heterocycles. The Labute approximate surface area is 166 Å². The SMILES string of the molecule is Cc1cccc(OCC(=O)N2CCN(Cc3nc(C(C)(C)C)cs3)CC2)c1. The van der Waals surface area contributed by atoms with Crippen molar-refractivity contribution in [1.82, 2.24) is 14.8 Å². The van der Waals surface area contributed by atoms with E-state index in [1.54, 1.807) is 11.3 Å². The average molecular weight is 388 g/mol. The van der Waals surface area contributed by atoms with E-state index in [9.17, 15) is 4.79 Å². The quantitative estimate of drug-likeness (QED) is 0.788. The zero-order valence-corrected chi connectivity index (χ0v) is 17.5. The van der Waals surface area contributed by atoms with E-state index < -0.39 is 0 Å². The molecule has 1 saturated heterocycles. The van der Waals surface area contributed by atoms with Crippen molar-refractivity contribution in [3.05, 3.63) is 45.9 Å². The van der Waals surface area contributed by atoms with Gasteiger partial charge in [-0.2, -0.15) is 0 Å². The van der Waals surface area contributed by atoms with Crippen LogP contribution in [0.25, 0.3) is 0 Å². The number of amides is 1. The average Bonchev–Trinajstić information content (AvgIpc) is 3.09. The Morgan fingerprint density at radius 1 is 1.22 bits per heavy atom. The molecule has 0 N–H and O–H groups in total. The number of carbonyl (C=O) groups excluding carboxylic acids is 1. The van der Waals surface area contributed by atoms with Gasteiger partial charge in [0.15, 0.2) is 6.61 Å². The van der Waals surface area contributed by atoms with Gasteiger partial charge in [-0.25, -0.2) is 4.98 Å². The topological polar surface area (TPSA) is 45.7 Å². The number of aromatic nitrogens is 1. The molecule has 0 radical (unpaired) electrons. The fraction of sp³-hybridized carbons (Fsp3) is 0.524. The molecule has 0 saturated carbocycles. The van der Waals surface area contributed by atoms with E-state index in [2.05, 4.69) is 31.1 Å². The van der Waals surface area contributed by atoms with Crippen molar-refractivity contribution in [2.75, 3.05) is 32.8 Å². The summed E-state index contributed by atoms with van der Waals surface area (Å²) in [4.78, 5) is 21.5. The maximum absolute atomic E-state index is 12.4. The molecule has 2 aromatic rings. The third-order valence-electron chi connectivity index (χ3n) is 4.76. The summed E-state index contributed by atoms with van der Waals surface area (Å²) < 4.78 is 5.65. The van der Waals surface area contributed by atoms with E-state index in [4.69, 9.17) is 9.72 Å². The second kappa shape index (κ2) is 8.40. The van der Waals surface area contributed by atoms with Crippen LogP contribution >= 0.6 is 11.3 Å². The van der Waals surface area contributed by atoms with Crippen molar-refractivity contribution in [1.29, 1.82) is 0 Å². The molecule has 0 aliphatic carbocycles. The number of hydrogen-bond acceptors (Lipinski definition) is 5. The minimum atomic E-state index is 0.0559. The van der Waals surface area contributed by atoms with Crippen molar-refractivity contribution in [3.8, 4) is 5.75 Å². The van der Waals surface area contributed by atoms with Gasteiger partial charge in [0.25, 0.3) is 5.91 Å². The van der Waals surface area contributed by atoms with Gasteiger partial charge in [0.05, 0.1) is 12.2 Å². The third-order valence-corrected chi connectivity index (χ3v) is 5.59. The maximum Gasteiger partial charge on any atom is 0.260 e. The lowest BCUT2D eigenvalue weighted by molar-refractivity contribution is -0.135. The first kappa shape index (κ1) is 19.8. The lowest BCUT2D eigenvalue weighted by Gasteiger charge is -2.34. The standard InChI is InChI=1S/C21H29N3O2S/c1-16-6-5-7-17(12-16)26-14-20(25)24-10-8-23(9-11-24)13-19-22-18(15-27-19)21(2,3)4/h5-7,12,15H,8-11,13-14H2,1-4H3. The molecular formula is C21H29N3O2S. The van der Waals surface area contributed by atoms with Crippen LogP contribution in [-0.4, -0.2) is 53.5 Å². The molecule has 1 aromatic heterocycles. The molecule has 6 heteroatoms. The Hall–Kier alpha value is -1.92. The number of aryl methyl sites for hydroxylation is 1. The Morgan fingerprint density at radius 3 is 2.59 bits per heavy atom. The van der Waals surface area contributed by atoms with Gasteiger partial charge in [0.1, 0.15) is 10.8 Å². The van der Waals surface area contributed by atoms with E-state index in [1.807, 2.05) is 36.1 Å². The van der Waals surface area contributed by atoms with Crippen LogP contribution in [0.5, 0.6) is 5.75 Å². The molecule has 1 aromatic carbocycles. The summed E-state index contributed by atoms with van der Waals surface area (Å²) in [5.74, 6) is 0.806. The summed E-state index contributed by atoms with van der Waals surface area (Å²) in [5.41, 5.74) is 2.38. The molecule has 1 aliphatic rings. The highest BCUT2D eigenvalue weighted by molar-refractivity contribution is 7.09. The minimum Gasteiger partial charge on any atom is -0.484 e. The second-order valence-corrected chi connectivity index (χ2v) is 9.08. The van der Waals surface area contributed by atoms with Gasteiger partial charge in [-0.05, 0) is 24.6 Å². The van der Waals surface area contributed by atoms with Crippen LogP contribution in [0, 0.1) is 6.92 Å². The Morgan fingerprint density at radius 2 is 1.96 bits per heavy atom. The fourth-order valence-corrected chi connectivity index (χ4v) is 4.08. The maximum atomic E-state index is 12.4. The van der Waals surface area contributed by atoms with Crippen molar-refractivity contribution in [3.63, 3.8) is 0 Å². The van der Waals surface area contributed by atoms with Crippen LogP contribution in [0.15, 0.2) is 29.6 Å². The molecular weight excluding hydrogens is 358 g/mol. The van der Waals surface area contributed by atoms with Crippen LogP contribution in [0.4, 0.5) is 0 Å². The first-order chi connectivity index (χ1) is 12.8. The lowest BCUT2D eigenvalue weighted by Crippen LogP contribution is -2.49. The van der Waals surface area contributed by atoms with E-state index >= 15 is 0 Å². The summed E-state index contributed by atoms with van der Waals surface area (Å²) in [6.07, 6.45) is 0. The minimum absolute atomic E-state index is 0.0559. The Kier molecular flexibility index (Phi) is 6.17. The normalized spacial score (nSPS) is 15.8. The van der Waals surface area contributed by atoms with Crippen molar-refractivity contribution in [2.45, 2.75) is 39.7 Å².